The molecule has 1 aliphatic rings. The van der Waals surface area contributed by atoms with E-state index in [1.165, 1.54) is 5.56 Å². The highest BCUT2D eigenvalue weighted by molar-refractivity contribution is 5.76. The zero-order valence-corrected chi connectivity index (χ0v) is 19.6. The molecule has 0 spiro atoms. The van der Waals surface area contributed by atoms with Crippen LogP contribution in [0.4, 0.5) is 10.5 Å². The van der Waals surface area contributed by atoms with E-state index in [1.807, 2.05) is 23.4 Å². The minimum Gasteiger partial charge on any atom is -0.361 e. The van der Waals surface area contributed by atoms with Gasteiger partial charge in [-0.15, -0.1) is 0 Å². The van der Waals surface area contributed by atoms with Crippen LogP contribution in [-0.2, 0) is 6.42 Å². The predicted molar refractivity (Wildman–Crippen MR) is 126 cm³/mol. The van der Waals surface area contributed by atoms with Gasteiger partial charge in [-0.2, -0.15) is 0 Å². The molecule has 168 valence electrons. The lowest BCUT2D eigenvalue weighted by Gasteiger charge is -2.58. The summed E-state index contributed by atoms with van der Waals surface area (Å²) in [4.78, 5) is 25.9. The van der Waals surface area contributed by atoms with E-state index < -0.39 is 0 Å². The molecular formula is C25H37N5O. The van der Waals surface area contributed by atoms with Gasteiger partial charge in [-0.3, -0.25) is 0 Å². The maximum Gasteiger partial charge on any atom is 0.317 e. The molecule has 1 aliphatic heterocycles. The van der Waals surface area contributed by atoms with Crippen LogP contribution in [0.3, 0.4) is 0 Å². The number of aryl methyl sites for hydroxylation is 1. The smallest absolute Gasteiger partial charge is 0.317 e. The van der Waals surface area contributed by atoms with Crippen LogP contribution in [0.15, 0.2) is 49.1 Å². The predicted octanol–water partition coefficient (Wildman–Crippen LogP) is 4.52. The average Bonchev–Trinajstić information content (AvgIpc) is 2.73. The Morgan fingerprint density at radius 1 is 1.10 bits per heavy atom. The van der Waals surface area contributed by atoms with E-state index in [1.54, 1.807) is 6.33 Å². The number of unbranched alkanes of at least 4 members (excludes halogenated alkanes) is 1. The van der Waals surface area contributed by atoms with Gasteiger partial charge in [-0.25, -0.2) is 14.8 Å². The van der Waals surface area contributed by atoms with Crippen molar-refractivity contribution in [1.29, 1.82) is 0 Å². The van der Waals surface area contributed by atoms with Crippen LogP contribution in [0, 0.1) is 5.41 Å². The van der Waals surface area contributed by atoms with Gasteiger partial charge in [0.15, 0.2) is 0 Å². The summed E-state index contributed by atoms with van der Waals surface area (Å²) in [5.74, 6) is 0. The van der Waals surface area contributed by atoms with E-state index in [0.717, 1.165) is 31.5 Å². The lowest BCUT2D eigenvalue weighted by molar-refractivity contribution is 0.0506. The van der Waals surface area contributed by atoms with Crippen LogP contribution in [0.5, 0.6) is 0 Å². The third-order valence-corrected chi connectivity index (χ3v) is 6.20. The zero-order chi connectivity index (χ0) is 22.5. The number of hydrogen-bond donors (Lipinski definition) is 1. The molecule has 1 N–H and O–H groups in total. The Hall–Kier alpha value is -2.63. The number of hydrogen-bond acceptors (Lipinski definition) is 4. The topological polar surface area (TPSA) is 61.4 Å². The lowest BCUT2D eigenvalue weighted by atomic mass is 9.72. The van der Waals surface area contributed by atoms with Crippen molar-refractivity contribution in [2.75, 3.05) is 24.5 Å². The zero-order valence-electron chi connectivity index (χ0n) is 19.6. The molecular weight excluding hydrogens is 386 g/mol. The molecule has 6 heteroatoms. The van der Waals surface area contributed by atoms with Gasteiger partial charge in [0, 0.05) is 19.6 Å². The van der Waals surface area contributed by atoms with E-state index in [4.69, 9.17) is 0 Å². The fourth-order valence-electron chi connectivity index (χ4n) is 5.15. The van der Waals surface area contributed by atoms with Crippen LogP contribution >= 0.6 is 0 Å². The molecule has 1 atom stereocenters. The molecule has 3 rings (SSSR count). The van der Waals surface area contributed by atoms with Crippen molar-refractivity contribution in [3.8, 4) is 0 Å². The number of amides is 2. The Labute approximate surface area is 187 Å². The summed E-state index contributed by atoms with van der Waals surface area (Å²) in [6.07, 6.45) is 8.38. The summed E-state index contributed by atoms with van der Waals surface area (Å²) in [7, 11) is 0. The average molecular weight is 424 g/mol. The highest BCUT2D eigenvalue weighted by Crippen LogP contribution is 2.40. The summed E-state index contributed by atoms with van der Waals surface area (Å²) in [6, 6.07) is 10.7. The first-order valence-electron chi connectivity index (χ1n) is 11.3. The van der Waals surface area contributed by atoms with Crippen molar-refractivity contribution in [3.63, 3.8) is 0 Å². The molecule has 0 bridgehead atoms. The number of rotatable bonds is 6. The number of carbonyl (C=O) groups is 1. The molecule has 1 aromatic carbocycles. The number of carbonyl (C=O) groups excluding carboxylic acids is 1. The normalized spacial score (nSPS) is 18.7. The fourth-order valence-corrected chi connectivity index (χ4v) is 5.15. The van der Waals surface area contributed by atoms with Crippen LogP contribution in [0.1, 0.15) is 53.0 Å². The van der Waals surface area contributed by atoms with Gasteiger partial charge in [0.25, 0.3) is 0 Å². The summed E-state index contributed by atoms with van der Waals surface area (Å²) in [5, 5.41) is 3.16. The second-order valence-corrected chi connectivity index (χ2v) is 10.0. The summed E-state index contributed by atoms with van der Waals surface area (Å²) in [5.41, 5.74) is 1.98. The molecule has 1 fully saturated rings. The van der Waals surface area contributed by atoms with Gasteiger partial charge < -0.3 is 15.1 Å². The first-order valence-corrected chi connectivity index (χ1v) is 11.3. The monoisotopic (exact) mass is 423 g/mol. The summed E-state index contributed by atoms with van der Waals surface area (Å²) in [6.45, 7) is 13.2. The van der Waals surface area contributed by atoms with Gasteiger partial charge in [0.2, 0.25) is 0 Å². The van der Waals surface area contributed by atoms with Crippen LogP contribution in [0.25, 0.3) is 0 Å². The van der Waals surface area contributed by atoms with E-state index in [9.17, 15) is 4.79 Å². The van der Waals surface area contributed by atoms with E-state index in [-0.39, 0.29) is 23.0 Å². The van der Waals surface area contributed by atoms with Gasteiger partial charge in [0.1, 0.15) is 6.33 Å². The Balaban J connectivity index is 1.61. The highest BCUT2D eigenvalue weighted by atomic mass is 16.2. The molecule has 1 saturated heterocycles. The van der Waals surface area contributed by atoms with Crippen molar-refractivity contribution in [3.05, 3.63) is 54.6 Å². The van der Waals surface area contributed by atoms with Crippen LogP contribution in [0.2, 0.25) is 0 Å². The van der Waals surface area contributed by atoms with E-state index in [0.29, 0.717) is 13.1 Å². The minimum absolute atomic E-state index is 0.0305. The van der Waals surface area contributed by atoms with Gasteiger partial charge in [-0.1, -0.05) is 51.1 Å². The first kappa shape index (κ1) is 23.0. The largest absolute Gasteiger partial charge is 0.361 e. The van der Waals surface area contributed by atoms with Crippen molar-refractivity contribution < 1.29 is 4.79 Å². The van der Waals surface area contributed by atoms with Crippen molar-refractivity contribution in [1.82, 2.24) is 20.2 Å². The third-order valence-electron chi connectivity index (χ3n) is 6.20. The Bertz CT molecular complexity index is 832. The highest BCUT2D eigenvalue weighted by Gasteiger charge is 2.50. The van der Waals surface area contributed by atoms with Gasteiger partial charge in [-0.05, 0) is 44.1 Å². The third kappa shape index (κ3) is 5.54. The standard InChI is InChI=1S/C25H37N5O/c1-24(2,3)22-25(4,5)30(16-15-29(22)21-17-26-19-27-18-21)23(31)28-14-10-9-13-20-11-7-6-8-12-20/h6-8,11-12,17-19,22H,9-10,13-16H2,1-5H3,(H,28,31). The fraction of sp³-hybridized carbons (Fsp3) is 0.560. The number of urea groups is 1. The van der Waals surface area contributed by atoms with Gasteiger partial charge in [0.05, 0.1) is 29.7 Å². The van der Waals surface area contributed by atoms with Crippen molar-refractivity contribution in [2.45, 2.75) is 65.5 Å². The minimum atomic E-state index is -0.347. The van der Waals surface area contributed by atoms with Crippen LogP contribution < -0.4 is 10.2 Å². The number of piperazine rings is 1. The molecule has 0 radical (unpaired) electrons. The summed E-state index contributed by atoms with van der Waals surface area (Å²) < 4.78 is 0. The second kappa shape index (κ2) is 9.67. The number of benzene rings is 1. The number of anilines is 1. The molecule has 6 nitrogen and oxygen atoms in total. The number of nitrogens with zero attached hydrogens (tertiary/aromatic N) is 4. The molecule has 2 heterocycles. The SMILES string of the molecule is CC(C)(C)C1N(c2cncnc2)CCN(C(=O)NCCCCc2ccccc2)C1(C)C. The molecule has 2 amide bonds. The Morgan fingerprint density at radius 2 is 1.77 bits per heavy atom. The molecule has 31 heavy (non-hydrogen) atoms. The van der Waals surface area contributed by atoms with E-state index >= 15 is 0 Å². The van der Waals surface area contributed by atoms with Gasteiger partial charge >= 0.3 is 6.03 Å². The number of nitrogens with one attached hydrogen (secondary N) is 1. The maximum absolute atomic E-state index is 13.1. The van der Waals surface area contributed by atoms with Crippen molar-refractivity contribution >= 4 is 11.7 Å². The second-order valence-electron chi connectivity index (χ2n) is 10.0. The van der Waals surface area contributed by atoms with E-state index in [2.05, 4.69) is 79.1 Å². The first-order chi connectivity index (χ1) is 14.7. The maximum atomic E-state index is 13.1. The van der Waals surface area contributed by atoms with Crippen LogP contribution in [-0.4, -0.2) is 52.1 Å². The Morgan fingerprint density at radius 3 is 2.42 bits per heavy atom. The summed E-state index contributed by atoms with van der Waals surface area (Å²) >= 11 is 0. The number of aromatic nitrogens is 2. The molecule has 1 unspecified atom stereocenters. The molecule has 2 aromatic rings. The molecule has 1 aromatic heterocycles. The van der Waals surface area contributed by atoms with Crippen molar-refractivity contribution in [2.24, 2.45) is 5.41 Å². The molecule has 0 aliphatic carbocycles. The quantitative estimate of drug-likeness (QED) is 0.694. The molecule has 0 saturated carbocycles. The lowest BCUT2D eigenvalue weighted by Crippen LogP contribution is -2.71. The Kier molecular flexibility index (Phi) is 7.19.